The van der Waals surface area contributed by atoms with Gasteiger partial charge in [0.25, 0.3) is 0 Å². The molecule has 206 valence electrons. The van der Waals surface area contributed by atoms with Gasteiger partial charge in [0.1, 0.15) is 11.6 Å². The van der Waals surface area contributed by atoms with Crippen LogP contribution >= 0.6 is 0 Å². The Morgan fingerprint density at radius 3 is 2.22 bits per heavy atom. The quantitative estimate of drug-likeness (QED) is 0.354. The van der Waals surface area contributed by atoms with Gasteiger partial charge in [-0.05, 0) is 38.7 Å². The van der Waals surface area contributed by atoms with Crippen LogP contribution in [-0.2, 0) is 4.79 Å². The minimum absolute atomic E-state index is 0. The average Bonchev–Trinajstić information content (AvgIpc) is 2.88. The maximum absolute atomic E-state index is 10.3. The molecule has 0 spiro atoms. The summed E-state index contributed by atoms with van der Waals surface area (Å²) in [5.41, 5.74) is 1.60. The predicted octanol–water partition coefficient (Wildman–Crippen LogP) is 4.79. The molecular weight excluding hydrogens is 485 g/mol. The Morgan fingerprint density at radius 2 is 1.76 bits per heavy atom. The molecule has 1 aliphatic heterocycles. The topological polar surface area (TPSA) is 93.6 Å². The summed E-state index contributed by atoms with van der Waals surface area (Å²) in [4.78, 5) is 23.2. The highest BCUT2D eigenvalue weighted by Crippen LogP contribution is 2.14. The highest BCUT2D eigenvalue weighted by atomic mass is 19.3. The van der Waals surface area contributed by atoms with Crippen LogP contribution in [0, 0.1) is 6.92 Å². The number of nitrogens with zero attached hydrogens (tertiary/aromatic N) is 4. The number of para-hydroxylation sites is 1. The molecule has 1 aliphatic rings. The molecule has 2 aromatic rings. The van der Waals surface area contributed by atoms with E-state index in [1.54, 1.807) is 24.5 Å². The number of aryl methyl sites for hydroxylation is 1. The number of anilines is 2. The van der Waals surface area contributed by atoms with Gasteiger partial charge in [0.05, 0.1) is 0 Å². The second-order valence-electron chi connectivity index (χ2n) is 7.39. The van der Waals surface area contributed by atoms with E-state index in [2.05, 4.69) is 50.6 Å². The van der Waals surface area contributed by atoms with Gasteiger partial charge in [-0.2, -0.15) is 4.98 Å². The van der Waals surface area contributed by atoms with Gasteiger partial charge < -0.3 is 20.6 Å². The number of aromatic hydroxyl groups is 1. The Morgan fingerprint density at radius 1 is 1.14 bits per heavy atom. The van der Waals surface area contributed by atoms with E-state index in [4.69, 9.17) is 5.11 Å². The van der Waals surface area contributed by atoms with E-state index < -0.39 is 6.93 Å². The Bertz CT molecular complexity index is 902. The predicted molar refractivity (Wildman–Crippen MR) is 147 cm³/mol. The number of amides is 1. The first-order chi connectivity index (χ1) is 17.4. The van der Waals surface area contributed by atoms with Gasteiger partial charge in [-0.15, -0.1) is 6.58 Å². The Labute approximate surface area is 217 Å². The summed E-state index contributed by atoms with van der Waals surface area (Å²) < 4.78 is 19.2. The third-order valence-corrected chi connectivity index (χ3v) is 4.71. The van der Waals surface area contributed by atoms with Gasteiger partial charge in [0, 0.05) is 44.5 Å². The van der Waals surface area contributed by atoms with Crippen LogP contribution in [0.25, 0.3) is 6.08 Å². The first-order valence-electron chi connectivity index (χ1n) is 11.3. The molecule has 1 aromatic heterocycles. The highest BCUT2D eigenvalue weighted by Gasteiger charge is 2.11. The minimum atomic E-state index is -1.75. The SMILES string of the molecule is C=CCN1CCN(C)CC1.C=Cc1cnc(N/C=C/C)nc1NC=O.Cc1ccccc1O.F.FCF. The van der Waals surface area contributed by atoms with Crippen LogP contribution in [0.5, 0.6) is 5.75 Å². The molecular formula is C26H39F3N6O2. The number of carbonyl (C=O) groups excluding carboxylic acids is 1. The number of phenolic OH excluding ortho intramolecular Hbond substituents is 1. The maximum Gasteiger partial charge on any atom is 0.229 e. The van der Waals surface area contributed by atoms with Crippen molar-refractivity contribution in [2.75, 3.05) is 57.3 Å². The van der Waals surface area contributed by atoms with Crippen LogP contribution in [0.1, 0.15) is 18.1 Å². The monoisotopic (exact) mass is 524 g/mol. The molecule has 0 radical (unpaired) electrons. The molecule has 11 heteroatoms. The van der Waals surface area contributed by atoms with Crippen LogP contribution in [0.3, 0.4) is 0 Å². The van der Waals surface area contributed by atoms with E-state index in [0.717, 1.165) is 12.1 Å². The second-order valence-corrected chi connectivity index (χ2v) is 7.39. The van der Waals surface area contributed by atoms with E-state index in [1.165, 1.54) is 26.2 Å². The Kier molecular flexibility index (Phi) is 21.8. The van der Waals surface area contributed by atoms with Gasteiger partial charge in [-0.3, -0.25) is 14.4 Å². The summed E-state index contributed by atoms with van der Waals surface area (Å²) in [6, 6.07) is 7.25. The number of benzene rings is 1. The zero-order valence-corrected chi connectivity index (χ0v) is 21.7. The van der Waals surface area contributed by atoms with Gasteiger partial charge in [0.2, 0.25) is 19.3 Å². The molecule has 1 fully saturated rings. The normalized spacial score (nSPS) is 12.7. The third-order valence-electron chi connectivity index (χ3n) is 4.71. The van der Waals surface area contributed by atoms with Crippen LogP contribution in [-0.4, -0.2) is 78.0 Å². The number of halogens is 3. The molecule has 0 unspecified atom stereocenters. The molecule has 0 atom stereocenters. The number of carbonyl (C=O) groups is 1. The van der Waals surface area contributed by atoms with Gasteiger partial charge in [0.15, 0.2) is 0 Å². The van der Waals surface area contributed by atoms with Crippen molar-refractivity contribution in [1.29, 1.82) is 0 Å². The fraction of sp³-hybridized carbons (Fsp3) is 0.346. The first-order valence-corrected chi connectivity index (χ1v) is 11.3. The number of piperazine rings is 1. The lowest BCUT2D eigenvalue weighted by molar-refractivity contribution is -0.105. The van der Waals surface area contributed by atoms with E-state index in [-0.39, 0.29) is 4.70 Å². The number of hydrogen-bond donors (Lipinski definition) is 3. The number of aromatic nitrogens is 2. The summed E-state index contributed by atoms with van der Waals surface area (Å²) in [5, 5.41) is 14.2. The molecule has 0 bridgehead atoms. The van der Waals surface area contributed by atoms with Crippen LogP contribution in [0.2, 0.25) is 0 Å². The lowest BCUT2D eigenvalue weighted by Crippen LogP contribution is -2.44. The minimum Gasteiger partial charge on any atom is -0.508 e. The number of nitrogens with one attached hydrogen (secondary N) is 2. The second kappa shape index (κ2) is 22.7. The van der Waals surface area contributed by atoms with Crippen LogP contribution in [0.4, 0.5) is 25.3 Å². The molecule has 1 amide bonds. The molecule has 37 heavy (non-hydrogen) atoms. The van der Waals surface area contributed by atoms with Crippen molar-refractivity contribution in [3.05, 3.63) is 73.1 Å². The Hall–Kier alpha value is -3.70. The van der Waals surface area contributed by atoms with E-state index in [0.29, 0.717) is 29.5 Å². The summed E-state index contributed by atoms with van der Waals surface area (Å²) >= 11 is 0. The smallest absolute Gasteiger partial charge is 0.229 e. The molecule has 3 rings (SSSR count). The number of hydrogen-bond acceptors (Lipinski definition) is 7. The first kappa shape index (κ1) is 35.5. The number of likely N-dealkylation sites (N-methyl/N-ethyl adjacent to an activating group) is 1. The average molecular weight is 525 g/mol. The van der Waals surface area contributed by atoms with Crippen LogP contribution < -0.4 is 10.6 Å². The van der Waals surface area contributed by atoms with Crippen molar-refractivity contribution in [3.63, 3.8) is 0 Å². The standard InChI is InChI=1S/C10H12N4O.C8H16N2.C7H8O.CH2F2.FH/c1-3-5-11-10-12-6-8(4-2)9(14-10)13-7-15;1-3-4-10-7-5-9(2)6-8-10;1-6-4-2-3-5-7(6)8;2-1-3;/h3-7H,2H2,1H3,(H2,11,12,13,14,15);3H,1,4-8H2,2H3;2-5,8H,1H3;1H2;1H/b5-3+;;;;. The van der Waals surface area contributed by atoms with Crippen molar-refractivity contribution in [3.8, 4) is 5.75 Å². The summed E-state index contributed by atoms with van der Waals surface area (Å²) in [6.07, 6.45) is 9.22. The van der Waals surface area contributed by atoms with Gasteiger partial charge in [-0.25, -0.2) is 13.8 Å². The number of alkyl halides is 2. The highest BCUT2D eigenvalue weighted by molar-refractivity contribution is 5.75. The summed E-state index contributed by atoms with van der Waals surface area (Å²) in [6.45, 7) is 15.2. The van der Waals surface area contributed by atoms with Crippen LogP contribution in [0.15, 0.2) is 62.0 Å². The van der Waals surface area contributed by atoms with E-state index >= 15 is 0 Å². The number of allylic oxidation sites excluding steroid dienone is 1. The fourth-order valence-electron chi connectivity index (χ4n) is 2.72. The number of rotatable bonds is 7. The van der Waals surface area contributed by atoms with Gasteiger partial charge >= 0.3 is 0 Å². The van der Waals surface area contributed by atoms with Gasteiger partial charge in [-0.1, -0.05) is 43.0 Å². The summed E-state index contributed by atoms with van der Waals surface area (Å²) in [5.74, 6) is 1.22. The molecule has 0 saturated carbocycles. The zero-order valence-electron chi connectivity index (χ0n) is 21.7. The van der Waals surface area contributed by atoms with E-state index in [9.17, 15) is 13.6 Å². The maximum atomic E-state index is 10.3. The van der Waals surface area contributed by atoms with Crippen molar-refractivity contribution in [1.82, 2.24) is 19.8 Å². The zero-order chi connectivity index (χ0) is 27.2. The molecule has 2 heterocycles. The summed E-state index contributed by atoms with van der Waals surface area (Å²) in [7, 11) is 2.17. The Balaban J connectivity index is 0. The molecule has 1 aromatic carbocycles. The van der Waals surface area contributed by atoms with Crippen molar-refractivity contribution in [2.24, 2.45) is 0 Å². The fourth-order valence-corrected chi connectivity index (χ4v) is 2.72. The van der Waals surface area contributed by atoms with Crippen molar-refractivity contribution < 1.29 is 23.4 Å². The molecule has 8 nitrogen and oxygen atoms in total. The largest absolute Gasteiger partial charge is 0.508 e. The van der Waals surface area contributed by atoms with Crippen molar-refractivity contribution >= 4 is 24.3 Å². The third kappa shape index (κ3) is 16.6. The lowest BCUT2D eigenvalue weighted by atomic mass is 10.2. The molecule has 1 saturated heterocycles. The van der Waals surface area contributed by atoms with Crippen molar-refractivity contribution in [2.45, 2.75) is 13.8 Å². The molecule has 0 aliphatic carbocycles. The van der Waals surface area contributed by atoms with E-state index in [1.807, 2.05) is 44.2 Å². The lowest BCUT2D eigenvalue weighted by Gasteiger charge is -2.31. The number of phenols is 1. The molecule has 3 N–H and O–H groups in total.